The molecule has 0 fully saturated rings. The second kappa shape index (κ2) is 6.76. The van der Waals surface area contributed by atoms with Crippen molar-refractivity contribution in [2.24, 2.45) is 0 Å². The third-order valence-corrected chi connectivity index (χ3v) is 4.10. The van der Waals surface area contributed by atoms with Crippen molar-refractivity contribution in [2.45, 2.75) is 13.8 Å². The zero-order valence-corrected chi connectivity index (χ0v) is 14.1. The summed E-state index contributed by atoms with van der Waals surface area (Å²) in [6.07, 6.45) is 3.61. The predicted octanol–water partition coefficient (Wildman–Crippen LogP) is 3.26. The Morgan fingerprint density at radius 3 is 2.62 bits per heavy atom. The summed E-state index contributed by atoms with van der Waals surface area (Å²) < 4.78 is 21.8. The molecule has 0 amide bonds. The van der Waals surface area contributed by atoms with Gasteiger partial charge in [-0.3, -0.25) is 4.72 Å². The number of aryl methyl sites for hydroxylation is 2. The van der Waals surface area contributed by atoms with Gasteiger partial charge in [-0.15, -0.1) is 0 Å². The van der Waals surface area contributed by atoms with Gasteiger partial charge in [-0.05, 0) is 49.2 Å². The third-order valence-electron chi connectivity index (χ3n) is 3.37. The molecular formula is C17H17N3O3S. The van der Waals surface area contributed by atoms with Crippen LogP contribution in [0.2, 0.25) is 0 Å². The van der Waals surface area contributed by atoms with Crippen LogP contribution in [0.1, 0.15) is 11.1 Å². The van der Waals surface area contributed by atoms with Gasteiger partial charge in [0.1, 0.15) is 11.5 Å². The lowest BCUT2D eigenvalue weighted by atomic mass is 10.1. The first-order valence-electron chi connectivity index (χ1n) is 7.30. The Morgan fingerprint density at radius 2 is 1.96 bits per heavy atom. The zero-order chi connectivity index (χ0) is 17.1. The van der Waals surface area contributed by atoms with E-state index in [1.807, 2.05) is 19.2 Å². The average Bonchev–Trinajstić information content (AvgIpc) is 2.99. The molecule has 1 atom stereocenters. The highest BCUT2D eigenvalue weighted by molar-refractivity contribution is 7.82. The van der Waals surface area contributed by atoms with E-state index in [0.717, 1.165) is 11.3 Å². The van der Waals surface area contributed by atoms with Crippen LogP contribution in [0.3, 0.4) is 0 Å². The molecular weight excluding hydrogens is 326 g/mol. The highest BCUT2D eigenvalue weighted by atomic mass is 32.2. The van der Waals surface area contributed by atoms with Crippen molar-refractivity contribution in [2.75, 3.05) is 4.72 Å². The molecule has 24 heavy (non-hydrogen) atoms. The summed E-state index contributed by atoms with van der Waals surface area (Å²) in [6, 6.07) is 12.3. The number of nitrogens with zero attached hydrogens (tertiary/aromatic N) is 2. The molecule has 0 aliphatic heterocycles. The van der Waals surface area contributed by atoms with E-state index < -0.39 is 11.3 Å². The fourth-order valence-electron chi connectivity index (χ4n) is 2.20. The molecule has 1 aromatic heterocycles. The molecule has 0 aliphatic rings. The predicted molar refractivity (Wildman–Crippen MR) is 93.5 cm³/mol. The van der Waals surface area contributed by atoms with Gasteiger partial charge in [0.2, 0.25) is 0 Å². The van der Waals surface area contributed by atoms with Crippen molar-refractivity contribution in [3.8, 4) is 17.2 Å². The van der Waals surface area contributed by atoms with Gasteiger partial charge < -0.3 is 9.29 Å². The first kappa shape index (κ1) is 16.1. The van der Waals surface area contributed by atoms with E-state index >= 15 is 0 Å². The van der Waals surface area contributed by atoms with Gasteiger partial charge in [0.05, 0.1) is 17.6 Å². The van der Waals surface area contributed by atoms with E-state index in [4.69, 9.17) is 4.18 Å². The number of phenols is 1. The Kier molecular flexibility index (Phi) is 4.52. The Bertz CT molecular complexity index is 878. The molecule has 2 N–H and O–H groups in total. The number of phenolic OH excluding ortho intramolecular Hbond substituents is 1. The summed E-state index contributed by atoms with van der Waals surface area (Å²) in [7, 11) is 0. The average molecular weight is 343 g/mol. The molecule has 0 saturated heterocycles. The first-order chi connectivity index (χ1) is 11.5. The second-order valence-corrected chi connectivity index (χ2v) is 6.19. The number of hydrogen-bond acceptors (Lipinski definition) is 4. The quantitative estimate of drug-likeness (QED) is 0.697. The first-order valence-corrected chi connectivity index (χ1v) is 8.37. The van der Waals surface area contributed by atoms with Gasteiger partial charge in [-0.1, -0.05) is 18.2 Å². The van der Waals surface area contributed by atoms with E-state index in [9.17, 15) is 9.32 Å². The monoisotopic (exact) mass is 343 g/mol. The molecule has 3 rings (SSSR count). The fraction of sp³-hybridized carbons (Fsp3) is 0.118. The number of nitrogens with one attached hydrogen (secondary N) is 1. The maximum atomic E-state index is 12.1. The van der Waals surface area contributed by atoms with Gasteiger partial charge >= 0.3 is 11.3 Å². The molecule has 0 radical (unpaired) electrons. The van der Waals surface area contributed by atoms with Crippen LogP contribution in [0.25, 0.3) is 5.69 Å². The standard InChI is InChI=1S/C17H17N3O3S/c1-12-10-18-20(11-12)14-8-13(2)17(21)16(9-14)19-24(22)23-15-6-4-3-5-7-15/h3-11,19,21H,1-2H3. The summed E-state index contributed by atoms with van der Waals surface area (Å²) >= 11 is -1.84. The van der Waals surface area contributed by atoms with Crippen molar-refractivity contribution >= 4 is 17.0 Å². The van der Waals surface area contributed by atoms with E-state index in [-0.39, 0.29) is 5.75 Å². The van der Waals surface area contributed by atoms with E-state index in [1.54, 1.807) is 54.2 Å². The van der Waals surface area contributed by atoms with E-state index in [1.165, 1.54) is 0 Å². The highest BCUT2D eigenvalue weighted by Crippen LogP contribution is 2.31. The number of aromatic nitrogens is 2. The van der Waals surface area contributed by atoms with Gasteiger partial charge in [0, 0.05) is 6.20 Å². The third kappa shape index (κ3) is 3.57. The molecule has 2 aromatic carbocycles. The van der Waals surface area contributed by atoms with Crippen molar-refractivity contribution in [1.29, 1.82) is 0 Å². The Morgan fingerprint density at radius 1 is 1.21 bits per heavy atom. The minimum Gasteiger partial charge on any atom is -0.505 e. The van der Waals surface area contributed by atoms with Crippen LogP contribution < -0.4 is 8.91 Å². The molecule has 1 unspecified atom stereocenters. The largest absolute Gasteiger partial charge is 0.505 e. The molecule has 0 bridgehead atoms. The number of benzene rings is 2. The molecule has 0 spiro atoms. The van der Waals surface area contributed by atoms with E-state index in [2.05, 4.69) is 9.82 Å². The molecule has 1 heterocycles. The van der Waals surface area contributed by atoms with Gasteiger partial charge in [0.25, 0.3) is 0 Å². The van der Waals surface area contributed by atoms with Crippen LogP contribution in [-0.2, 0) is 11.3 Å². The van der Waals surface area contributed by atoms with Crippen LogP contribution in [0, 0.1) is 13.8 Å². The summed E-state index contributed by atoms with van der Waals surface area (Å²) in [4.78, 5) is 0. The minimum absolute atomic E-state index is 0.0210. The van der Waals surface area contributed by atoms with Crippen LogP contribution in [0.5, 0.6) is 11.5 Å². The smallest absolute Gasteiger partial charge is 0.316 e. The molecule has 124 valence electrons. The molecule has 6 nitrogen and oxygen atoms in total. The lowest BCUT2D eigenvalue weighted by molar-refractivity contribution is 0.473. The molecule has 3 aromatic rings. The highest BCUT2D eigenvalue weighted by Gasteiger charge is 2.12. The fourth-order valence-corrected chi connectivity index (χ4v) is 2.86. The lowest BCUT2D eigenvalue weighted by Gasteiger charge is -2.12. The Labute approximate surface area is 142 Å². The molecule has 0 aliphatic carbocycles. The van der Waals surface area contributed by atoms with Crippen LogP contribution in [0.4, 0.5) is 5.69 Å². The number of anilines is 1. The lowest BCUT2D eigenvalue weighted by Crippen LogP contribution is -2.11. The second-order valence-electron chi connectivity index (χ2n) is 5.35. The minimum atomic E-state index is -1.84. The molecule has 0 saturated carbocycles. The van der Waals surface area contributed by atoms with Gasteiger partial charge in [-0.25, -0.2) is 4.68 Å². The summed E-state index contributed by atoms with van der Waals surface area (Å²) in [5.74, 6) is 0.492. The SMILES string of the molecule is Cc1cnn(-c2cc(C)c(O)c(NS(=O)Oc3ccccc3)c2)c1. The normalized spacial score (nSPS) is 11.9. The van der Waals surface area contributed by atoms with Crippen LogP contribution in [-0.4, -0.2) is 19.1 Å². The number of rotatable bonds is 5. The summed E-state index contributed by atoms with van der Waals surface area (Å²) in [5, 5.41) is 14.5. The maximum absolute atomic E-state index is 12.1. The Balaban J connectivity index is 1.84. The Hall–Kier alpha value is -2.80. The van der Waals surface area contributed by atoms with Gasteiger partial charge in [0.15, 0.2) is 0 Å². The van der Waals surface area contributed by atoms with Crippen LogP contribution >= 0.6 is 0 Å². The van der Waals surface area contributed by atoms with Crippen molar-refractivity contribution < 1.29 is 13.5 Å². The summed E-state index contributed by atoms with van der Waals surface area (Å²) in [5.41, 5.74) is 2.72. The maximum Gasteiger partial charge on any atom is 0.316 e. The number of para-hydroxylation sites is 1. The topological polar surface area (TPSA) is 76.4 Å². The zero-order valence-electron chi connectivity index (χ0n) is 13.3. The number of hydrogen-bond donors (Lipinski definition) is 2. The summed E-state index contributed by atoms with van der Waals surface area (Å²) in [6.45, 7) is 3.71. The number of aromatic hydroxyl groups is 1. The van der Waals surface area contributed by atoms with Crippen molar-refractivity contribution in [3.05, 3.63) is 66.0 Å². The van der Waals surface area contributed by atoms with Gasteiger partial charge in [-0.2, -0.15) is 9.31 Å². The van der Waals surface area contributed by atoms with Crippen LogP contribution in [0.15, 0.2) is 54.9 Å². The molecule has 7 heteroatoms. The van der Waals surface area contributed by atoms with Crippen molar-refractivity contribution in [1.82, 2.24) is 9.78 Å². The van der Waals surface area contributed by atoms with E-state index in [0.29, 0.717) is 17.0 Å². The van der Waals surface area contributed by atoms with Crippen molar-refractivity contribution in [3.63, 3.8) is 0 Å².